The molecule has 5 rings (SSSR count). The number of hydrogen-bond donors (Lipinski definition) is 0. The summed E-state index contributed by atoms with van der Waals surface area (Å²) in [5.41, 5.74) is 5.66. The van der Waals surface area contributed by atoms with Gasteiger partial charge in [-0.3, -0.25) is 0 Å². The highest BCUT2D eigenvalue weighted by atomic mass is 14.5. The van der Waals surface area contributed by atoms with Crippen LogP contribution < -0.4 is 0 Å². The molecule has 4 unspecified atom stereocenters. The Kier molecular flexibility index (Phi) is 2.67. The number of hydrogen-bond acceptors (Lipinski definition) is 0. The molecule has 0 nitrogen and oxygen atoms in total. The van der Waals surface area contributed by atoms with Gasteiger partial charge in [-0.1, -0.05) is 72.8 Å². The Bertz CT molecular complexity index is 748. The highest BCUT2D eigenvalue weighted by Crippen LogP contribution is 2.57. The van der Waals surface area contributed by atoms with E-state index in [0.29, 0.717) is 0 Å². The maximum absolute atomic E-state index is 2.51. The van der Waals surface area contributed by atoms with Crippen LogP contribution >= 0.6 is 0 Å². The maximum Gasteiger partial charge on any atom is -0.00591 e. The van der Waals surface area contributed by atoms with Gasteiger partial charge in [0.2, 0.25) is 0 Å². The van der Waals surface area contributed by atoms with Crippen LogP contribution in [0.5, 0.6) is 0 Å². The summed E-state index contributed by atoms with van der Waals surface area (Å²) in [6.07, 6.45) is 10.1. The lowest BCUT2D eigenvalue weighted by Gasteiger charge is -2.24. The van der Waals surface area contributed by atoms with E-state index in [-0.39, 0.29) is 0 Å². The predicted molar refractivity (Wildman–Crippen MR) is 92.2 cm³/mol. The summed E-state index contributed by atoms with van der Waals surface area (Å²) in [4.78, 5) is 0. The van der Waals surface area contributed by atoms with Crippen LogP contribution in [0.3, 0.4) is 0 Å². The lowest BCUT2D eigenvalue weighted by molar-refractivity contribution is 0.405. The molecule has 2 aromatic carbocycles. The average molecular weight is 284 g/mol. The summed E-state index contributed by atoms with van der Waals surface area (Å²) < 4.78 is 0. The van der Waals surface area contributed by atoms with Crippen molar-refractivity contribution < 1.29 is 0 Å². The van der Waals surface area contributed by atoms with E-state index in [4.69, 9.17) is 0 Å². The summed E-state index contributed by atoms with van der Waals surface area (Å²) in [6, 6.07) is 19.9. The van der Waals surface area contributed by atoms with Gasteiger partial charge in [0.1, 0.15) is 0 Å². The summed E-state index contributed by atoms with van der Waals surface area (Å²) in [5.74, 6) is 3.33. The van der Waals surface area contributed by atoms with Crippen LogP contribution in [0.1, 0.15) is 18.4 Å². The molecule has 3 aliphatic carbocycles. The molecular weight excluding hydrogens is 264 g/mol. The third-order valence-corrected chi connectivity index (χ3v) is 5.92. The molecule has 1 fully saturated rings. The Morgan fingerprint density at radius 3 is 2.18 bits per heavy atom. The van der Waals surface area contributed by atoms with Crippen LogP contribution in [0.4, 0.5) is 0 Å². The minimum atomic E-state index is 0.789. The van der Waals surface area contributed by atoms with E-state index in [1.807, 2.05) is 0 Å². The van der Waals surface area contributed by atoms with Crippen molar-refractivity contribution in [3.63, 3.8) is 0 Å². The van der Waals surface area contributed by atoms with Gasteiger partial charge >= 0.3 is 0 Å². The standard InChI is InChI=1S/C22H20/c1-2-4-15(5-3-1)16-6-8-17(9-7-16)20-12-13-21-18-10-11-19(14-18)22(20)21/h1-12,18-19,21-22H,13-14H2. The number of fused-ring (bicyclic) bond motifs is 5. The van der Waals surface area contributed by atoms with Gasteiger partial charge in [0.15, 0.2) is 0 Å². The van der Waals surface area contributed by atoms with Crippen molar-refractivity contribution in [3.05, 3.63) is 78.4 Å². The second-order valence-electron chi connectivity index (χ2n) is 6.98. The Labute approximate surface area is 132 Å². The van der Waals surface area contributed by atoms with Crippen LogP contribution in [0.2, 0.25) is 0 Å². The first-order valence-electron chi connectivity index (χ1n) is 8.44. The van der Waals surface area contributed by atoms with Gasteiger partial charge in [-0.25, -0.2) is 0 Å². The van der Waals surface area contributed by atoms with Gasteiger partial charge in [-0.05, 0) is 58.8 Å². The Morgan fingerprint density at radius 2 is 1.36 bits per heavy atom. The van der Waals surface area contributed by atoms with Crippen molar-refractivity contribution in [3.8, 4) is 11.1 Å². The molecule has 3 aliphatic rings. The van der Waals surface area contributed by atoms with E-state index in [1.165, 1.54) is 29.5 Å². The molecule has 0 N–H and O–H groups in total. The van der Waals surface area contributed by atoms with Gasteiger partial charge in [-0.2, -0.15) is 0 Å². The molecule has 0 aromatic heterocycles. The molecule has 108 valence electrons. The third kappa shape index (κ3) is 1.76. The van der Waals surface area contributed by atoms with Gasteiger partial charge < -0.3 is 0 Å². The van der Waals surface area contributed by atoms with Crippen molar-refractivity contribution >= 4 is 5.57 Å². The SMILES string of the molecule is C1=CC2CC1C1CC=C(c3ccc(-c4ccccc4)cc3)C21. The van der Waals surface area contributed by atoms with Crippen LogP contribution in [0, 0.1) is 23.7 Å². The van der Waals surface area contributed by atoms with E-state index in [9.17, 15) is 0 Å². The van der Waals surface area contributed by atoms with Crippen LogP contribution in [0.15, 0.2) is 72.8 Å². The topological polar surface area (TPSA) is 0 Å². The molecule has 0 spiro atoms. The molecular formula is C22H20. The quantitative estimate of drug-likeness (QED) is 0.632. The minimum absolute atomic E-state index is 0.789. The van der Waals surface area contributed by atoms with Crippen LogP contribution in [-0.2, 0) is 0 Å². The second-order valence-corrected chi connectivity index (χ2v) is 6.98. The zero-order chi connectivity index (χ0) is 14.5. The molecule has 0 amide bonds. The monoisotopic (exact) mass is 284 g/mol. The van der Waals surface area contributed by atoms with E-state index < -0.39 is 0 Å². The first-order valence-corrected chi connectivity index (χ1v) is 8.44. The van der Waals surface area contributed by atoms with E-state index in [1.54, 1.807) is 5.57 Å². The summed E-state index contributed by atoms with van der Waals surface area (Å²) in [5, 5.41) is 0. The molecule has 0 saturated heterocycles. The summed E-state index contributed by atoms with van der Waals surface area (Å²) >= 11 is 0. The largest absolute Gasteiger partial charge is 0.0848 e. The molecule has 2 bridgehead atoms. The fourth-order valence-corrected chi connectivity index (χ4v) is 4.90. The van der Waals surface area contributed by atoms with Crippen LogP contribution in [0.25, 0.3) is 16.7 Å². The fraction of sp³-hybridized carbons (Fsp3) is 0.273. The highest BCUT2D eigenvalue weighted by molar-refractivity contribution is 5.74. The maximum atomic E-state index is 2.51. The Hall–Kier alpha value is -2.08. The first kappa shape index (κ1) is 12.5. The van der Waals surface area contributed by atoms with Crippen molar-refractivity contribution in [2.75, 3.05) is 0 Å². The van der Waals surface area contributed by atoms with Gasteiger partial charge in [0.25, 0.3) is 0 Å². The molecule has 0 radical (unpaired) electrons. The van der Waals surface area contributed by atoms with Gasteiger partial charge in [0, 0.05) is 0 Å². The molecule has 22 heavy (non-hydrogen) atoms. The predicted octanol–water partition coefficient (Wildman–Crippen LogP) is 5.58. The van der Waals surface area contributed by atoms with Crippen molar-refractivity contribution in [2.45, 2.75) is 12.8 Å². The van der Waals surface area contributed by atoms with E-state index >= 15 is 0 Å². The smallest absolute Gasteiger partial charge is 0.00591 e. The second kappa shape index (κ2) is 4.71. The van der Waals surface area contributed by atoms with Crippen molar-refractivity contribution in [2.24, 2.45) is 23.7 Å². The Balaban J connectivity index is 1.46. The zero-order valence-electron chi connectivity index (χ0n) is 12.7. The van der Waals surface area contributed by atoms with E-state index in [2.05, 4.69) is 72.8 Å². The highest BCUT2D eigenvalue weighted by Gasteiger charge is 2.47. The Morgan fingerprint density at radius 1 is 0.682 bits per heavy atom. The average Bonchev–Trinajstić information content (AvgIpc) is 3.29. The zero-order valence-corrected chi connectivity index (χ0v) is 12.7. The summed E-state index contributed by atoms with van der Waals surface area (Å²) in [6.45, 7) is 0. The molecule has 2 aromatic rings. The van der Waals surface area contributed by atoms with Gasteiger partial charge in [-0.15, -0.1) is 0 Å². The molecule has 0 heterocycles. The van der Waals surface area contributed by atoms with E-state index in [0.717, 1.165) is 23.7 Å². The number of allylic oxidation sites excluding steroid dienone is 4. The molecule has 4 atom stereocenters. The molecule has 1 saturated carbocycles. The lowest BCUT2D eigenvalue weighted by Crippen LogP contribution is -2.15. The lowest BCUT2D eigenvalue weighted by atomic mass is 9.80. The normalized spacial score (nSPS) is 31.4. The third-order valence-electron chi connectivity index (χ3n) is 5.92. The number of rotatable bonds is 2. The fourth-order valence-electron chi connectivity index (χ4n) is 4.90. The number of benzene rings is 2. The van der Waals surface area contributed by atoms with Crippen molar-refractivity contribution in [1.82, 2.24) is 0 Å². The van der Waals surface area contributed by atoms with Crippen molar-refractivity contribution in [1.29, 1.82) is 0 Å². The minimum Gasteiger partial charge on any atom is -0.0848 e. The first-order chi connectivity index (χ1) is 10.9. The molecule has 0 heteroatoms. The molecule has 0 aliphatic heterocycles. The van der Waals surface area contributed by atoms with Gasteiger partial charge in [0.05, 0.1) is 0 Å². The van der Waals surface area contributed by atoms with Crippen LogP contribution in [-0.4, -0.2) is 0 Å². The summed E-state index contributed by atoms with van der Waals surface area (Å²) in [7, 11) is 0.